The molecule has 0 bridgehead atoms. The number of likely N-dealkylation sites (tertiary alicyclic amines) is 1. The smallest absolute Gasteiger partial charge is 0.0678 e. The first-order chi connectivity index (χ1) is 10.1. The highest BCUT2D eigenvalue weighted by Gasteiger charge is 2.46. The number of nitrogens with one attached hydrogen (secondary N) is 1. The van der Waals surface area contributed by atoms with Crippen LogP contribution in [-0.4, -0.2) is 49.3 Å². The molecule has 2 N–H and O–H groups in total. The number of benzene rings is 1. The maximum atomic E-state index is 10.4. The van der Waals surface area contributed by atoms with E-state index in [9.17, 15) is 5.11 Å². The Balaban J connectivity index is 0.000000282. The molecule has 0 radical (unpaired) electrons. The normalized spacial score (nSPS) is 23.5. The van der Waals surface area contributed by atoms with Gasteiger partial charge in [-0.3, -0.25) is 0 Å². The lowest BCUT2D eigenvalue weighted by Gasteiger charge is -2.41. The van der Waals surface area contributed by atoms with Crippen LogP contribution < -0.4 is 5.32 Å². The van der Waals surface area contributed by atoms with Crippen molar-refractivity contribution in [3.8, 4) is 0 Å². The molecule has 1 heterocycles. The Morgan fingerprint density at radius 2 is 1.81 bits per heavy atom. The highest BCUT2D eigenvalue weighted by Crippen LogP contribution is 2.45. The predicted molar refractivity (Wildman–Crippen MR) is 88.8 cm³/mol. The van der Waals surface area contributed by atoms with Crippen LogP contribution in [0.25, 0.3) is 0 Å². The molecule has 0 unspecified atom stereocenters. The van der Waals surface area contributed by atoms with E-state index < -0.39 is 0 Å². The average molecular weight is 290 g/mol. The number of rotatable bonds is 2. The predicted octanol–water partition coefficient (Wildman–Crippen LogP) is 2.18. The standard InChI is InChI=1S/C14H19NO.C4H11N/c1-15-8-6-14(7-9-15)12-5-3-2-4-11(12)10-13(14)16;1-3-5-4-2/h2-5,13,16H,6-10H2,1H3;5H,3-4H2,1-2H3/t13-;/m1./s1. The van der Waals surface area contributed by atoms with Gasteiger partial charge in [0.1, 0.15) is 0 Å². The molecule has 1 saturated heterocycles. The average Bonchev–Trinajstić information content (AvgIpc) is 2.76. The van der Waals surface area contributed by atoms with Crippen LogP contribution in [0.2, 0.25) is 0 Å². The monoisotopic (exact) mass is 290 g/mol. The summed E-state index contributed by atoms with van der Waals surface area (Å²) in [6, 6.07) is 8.58. The Morgan fingerprint density at radius 3 is 2.38 bits per heavy atom. The summed E-state index contributed by atoms with van der Waals surface area (Å²) in [5.41, 5.74) is 2.83. The second kappa shape index (κ2) is 7.39. The molecule has 0 amide bonds. The Labute approximate surface area is 129 Å². The van der Waals surface area contributed by atoms with Gasteiger partial charge in [0.15, 0.2) is 0 Å². The first-order valence-corrected chi connectivity index (χ1v) is 8.29. The molecule has 3 heteroatoms. The van der Waals surface area contributed by atoms with Gasteiger partial charge < -0.3 is 15.3 Å². The van der Waals surface area contributed by atoms with Gasteiger partial charge in [-0.1, -0.05) is 38.1 Å². The molecule has 3 rings (SSSR count). The molecule has 0 aromatic heterocycles. The van der Waals surface area contributed by atoms with Crippen molar-refractivity contribution in [1.82, 2.24) is 10.2 Å². The summed E-state index contributed by atoms with van der Waals surface area (Å²) in [6.45, 7) is 8.59. The topological polar surface area (TPSA) is 35.5 Å². The lowest BCUT2D eigenvalue weighted by molar-refractivity contribution is 0.0500. The molecule has 1 fully saturated rings. The fourth-order valence-corrected chi connectivity index (χ4v) is 3.64. The van der Waals surface area contributed by atoms with Gasteiger partial charge >= 0.3 is 0 Å². The number of aliphatic hydroxyl groups is 1. The molecule has 1 atom stereocenters. The maximum absolute atomic E-state index is 10.4. The van der Waals surface area contributed by atoms with Gasteiger partial charge in [0.2, 0.25) is 0 Å². The van der Waals surface area contributed by atoms with E-state index in [1.54, 1.807) is 0 Å². The third kappa shape index (κ3) is 3.47. The molecular weight excluding hydrogens is 260 g/mol. The SMILES string of the molecule is CCNCC.CN1CCC2(CC1)c1ccccc1C[C@H]2O. The highest BCUT2D eigenvalue weighted by atomic mass is 16.3. The quantitative estimate of drug-likeness (QED) is 0.876. The second-order valence-electron chi connectivity index (χ2n) is 6.29. The van der Waals surface area contributed by atoms with Crippen LogP contribution in [0.5, 0.6) is 0 Å². The van der Waals surface area contributed by atoms with Crippen molar-refractivity contribution < 1.29 is 5.11 Å². The van der Waals surface area contributed by atoms with Gasteiger partial charge in [0.05, 0.1) is 6.10 Å². The van der Waals surface area contributed by atoms with E-state index in [4.69, 9.17) is 0 Å². The minimum Gasteiger partial charge on any atom is -0.392 e. The Bertz CT molecular complexity index is 437. The van der Waals surface area contributed by atoms with Crippen molar-refractivity contribution in [2.75, 3.05) is 33.2 Å². The summed E-state index contributed by atoms with van der Waals surface area (Å²) in [6.07, 6.45) is 2.88. The van der Waals surface area contributed by atoms with E-state index in [1.165, 1.54) is 11.1 Å². The van der Waals surface area contributed by atoms with E-state index in [1.807, 2.05) is 0 Å². The van der Waals surface area contributed by atoms with Gasteiger partial charge in [0, 0.05) is 5.41 Å². The number of fused-ring (bicyclic) bond motifs is 2. The first kappa shape index (κ1) is 16.5. The van der Waals surface area contributed by atoms with Crippen molar-refractivity contribution in [2.45, 2.75) is 44.6 Å². The van der Waals surface area contributed by atoms with Gasteiger partial charge in [-0.2, -0.15) is 0 Å². The van der Waals surface area contributed by atoms with Gasteiger partial charge in [-0.05, 0) is 63.6 Å². The highest BCUT2D eigenvalue weighted by molar-refractivity contribution is 5.42. The molecule has 3 nitrogen and oxygen atoms in total. The zero-order valence-corrected chi connectivity index (χ0v) is 13.7. The number of hydrogen-bond acceptors (Lipinski definition) is 3. The van der Waals surface area contributed by atoms with Gasteiger partial charge in [-0.15, -0.1) is 0 Å². The summed E-state index contributed by atoms with van der Waals surface area (Å²) in [5, 5.41) is 13.5. The van der Waals surface area contributed by atoms with Crippen molar-refractivity contribution in [2.24, 2.45) is 0 Å². The molecule has 118 valence electrons. The molecular formula is C18H30N2O. The molecule has 1 aromatic rings. The van der Waals surface area contributed by atoms with Crippen LogP contribution in [0.4, 0.5) is 0 Å². The summed E-state index contributed by atoms with van der Waals surface area (Å²) in [7, 11) is 2.17. The molecule has 1 spiro atoms. The fraction of sp³-hybridized carbons (Fsp3) is 0.667. The third-order valence-corrected chi connectivity index (χ3v) is 4.98. The maximum Gasteiger partial charge on any atom is 0.0678 e. The molecule has 21 heavy (non-hydrogen) atoms. The van der Waals surface area contributed by atoms with Crippen molar-refractivity contribution >= 4 is 0 Å². The molecule has 1 aliphatic heterocycles. The number of nitrogens with zero attached hydrogens (tertiary/aromatic N) is 1. The number of aliphatic hydroxyl groups excluding tert-OH is 1. The number of piperidine rings is 1. The van der Waals surface area contributed by atoms with Gasteiger partial charge in [0.25, 0.3) is 0 Å². The molecule has 0 saturated carbocycles. The molecule has 1 aliphatic carbocycles. The Kier molecular flexibility index (Phi) is 5.80. The largest absolute Gasteiger partial charge is 0.392 e. The van der Waals surface area contributed by atoms with Crippen molar-refractivity contribution in [1.29, 1.82) is 0 Å². The van der Waals surface area contributed by atoms with E-state index in [-0.39, 0.29) is 11.5 Å². The van der Waals surface area contributed by atoms with Crippen LogP contribution in [0.3, 0.4) is 0 Å². The minimum absolute atomic E-state index is 0.0586. The summed E-state index contributed by atoms with van der Waals surface area (Å²) in [4.78, 5) is 2.36. The van der Waals surface area contributed by atoms with Crippen LogP contribution in [0, 0.1) is 0 Å². The minimum atomic E-state index is -0.168. The molecule has 1 aromatic carbocycles. The second-order valence-corrected chi connectivity index (χ2v) is 6.29. The zero-order valence-electron chi connectivity index (χ0n) is 13.7. The van der Waals surface area contributed by atoms with E-state index >= 15 is 0 Å². The van der Waals surface area contributed by atoms with E-state index in [2.05, 4.69) is 55.4 Å². The third-order valence-electron chi connectivity index (χ3n) is 4.98. The Hall–Kier alpha value is -0.900. The van der Waals surface area contributed by atoms with E-state index in [0.717, 1.165) is 45.4 Å². The summed E-state index contributed by atoms with van der Waals surface area (Å²) in [5.74, 6) is 0. The first-order valence-electron chi connectivity index (χ1n) is 8.29. The van der Waals surface area contributed by atoms with Crippen LogP contribution in [0.1, 0.15) is 37.8 Å². The van der Waals surface area contributed by atoms with Crippen LogP contribution >= 0.6 is 0 Å². The Morgan fingerprint density at radius 1 is 1.19 bits per heavy atom. The van der Waals surface area contributed by atoms with E-state index in [0.29, 0.717) is 0 Å². The van der Waals surface area contributed by atoms with Crippen LogP contribution in [-0.2, 0) is 11.8 Å². The summed E-state index contributed by atoms with van der Waals surface area (Å²) >= 11 is 0. The zero-order chi connectivity index (χ0) is 15.3. The van der Waals surface area contributed by atoms with Crippen molar-refractivity contribution in [3.63, 3.8) is 0 Å². The number of hydrogen-bond donors (Lipinski definition) is 2. The fourth-order valence-electron chi connectivity index (χ4n) is 3.64. The van der Waals surface area contributed by atoms with Crippen LogP contribution in [0.15, 0.2) is 24.3 Å². The summed E-state index contributed by atoms with van der Waals surface area (Å²) < 4.78 is 0. The van der Waals surface area contributed by atoms with Gasteiger partial charge in [-0.25, -0.2) is 0 Å². The lowest BCUT2D eigenvalue weighted by atomic mass is 9.72. The lowest BCUT2D eigenvalue weighted by Crippen LogP contribution is -2.46. The van der Waals surface area contributed by atoms with Crippen molar-refractivity contribution in [3.05, 3.63) is 35.4 Å². The molecule has 2 aliphatic rings.